The summed E-state index contributed by atoms with van der Waals surface area (Å²) >= 11 is 0. The molecule has 0 aromatic rings. The van der Waals surface area contributed by atoms with E-state index in [4.69, 9.17) is 4.74 Å². The smallest absolute Gasteiger partial charge is 0.318 e. The number of hydrogen-bond acceptors (Lipinski definition) is 3. The van der Waals surface area contributed by atoms with Gasteiger partial charge in [0.15, 0.2) is 6.26 Å². The van der Waals surface area contributed by atoms with Gasteiger partial charge < -0.3 is 14.2 Å². The van der Waals surface area contributed by atoms with Crippen LogP contribution in [0.15, 0.2) is 12.2 Å². The number of hydrogen-bond donors (Lipinski definition) is 0. The lowest BCUT2D eigenvalue weighted by molar-refractivity contribution is 0.0228. The topological polar surface area (TPSA) is 27.7 Å². The second-order valence-electron chi connectivity index (χ2n) is 1.07. The summed E-state index contributed by atoms with van der Waals surface area (Å²) in [5.41, 5.74) is 0. The molecule has 0 aliphatic carbocycles. The SMILES string of the molecule is COC1=COCO1. The summed E-state index contributed by atoms with van der Waals surface area (Å²) in [6.45, 7) is 0.281. The van der Waals surface area contributed by atoms with E-state index in [1.165, 1.54) is 13.4 Å². The van der Waals surface area contributed by atoms with Gasteiger partial charge in [-0.1, -0.05) is 0 Å². The van der Waals surface area contributed by atoms with Crippen molar-refractivity contribution in [2.24, 2.45) is 0 Å². The van der Waals surface area contributed by atoms with Crippen LogP contribution in [0.25, 0.3) is 0 Å². The highest BCUT2D eigenvalue weighted by Gasteiger charge is 2.02. The lowest BCUT2D eigenvalue weighted by atomic mass is 11.0. The Morgan fingerprint density at radius 2 is 2.71 bits per heavy atom. The molecule has 0 amide bonds. The first-order valence-corrected chi connectivity index (χ1v) is 1.92. The van der Waals surface area contributed by atoms with E-state index in [1.807, 2.05) is 0 Å². The molecule has 3 heteroatoms. The zero-order chi connectivity index (χ0) is 5.11. The summed E-state index contributed by atoms with van der Waals surface area (Å²) in [5, 5.41) is 0. The van der Waals surface area contributed by atoms with Crippen molar-refractivity contribution in [2.45, 2.75) is 0 Å². The Kier molecular flexibility index (Phi) is 1.06. The van der Waals surface area contributed by atoms with Gasteiger partial charge in [-0.05, 0) is 0 Å². The molecule has 1 heterocycles. The van der Waals surface area contributed by atoms with E-state index in [-0.39, 0.29) is 6.79 Å². The highest BCUT2D eigenvalue weighted by molar-refractivity contribution is 4.77. The third kappa shape index (κ3) is 0.765. The summed E-state index contributed by atoms with van der Waals surface area (Å²) < 4.78 is 14.0. The molecule has 0 unspecified atom stereocenters. The minimum absolute atomic E-state index is 0.281. The van der Waals surface area contributed by atoms with E-state index in [0.29, 0.717) is 5.95 Å². The van der Waals surface area contributed by atoms with Crippen molar-refractivity contribution in [2.75, 3.05) is 13.9 Å². The first kappa shape index (κ1) is 4.30. The number of rotatable bonds is 1. The van der Waals surface area contributed by atoms with Crippen LogP contribution in [0.2, 0.25) is 0 Å². The Morgan fingerprint density at radius 3 is 3.00 bits per heavy atom. The van der Waals surface area contributed by atoms with Gasteiger partial charge in [0.25, 0.3) is 0 Å². The van der Waals surface area contributed by atoms with E-state index >= 15 is 0 Å². The van der Waals surface area contributed by atoms with E-state index in [9.17, 15) is 0 Å². The van der Waals surface area contributed by atoms with Crippen LogP contribution in [0.4, 0.5) is 0 Å². The number of ether oxygens (including phenoxy) is 3. The highest BCUT2D eigenvalue weighted by Crippen LogP contribution is 2.04. The Balaban J connectivity index is 2.36. The Labute approximate surface area is 41.5 Å². The average Bonchev–Trinajstić information content (AvgIpc) is 2.14. The molecule has 3 nitrogen and oxygen atoms in total. The van der Waals surface area contributed by atoms with Gasteiger partial charge in [-0.3, -0.25) is 0 Å². The molecule has 1 aliphatic rings. The van der Waals surface area contributed by atoms with Crippen LogP contribution < -0.4 is 0 Å². The third-order valence-electron chi connectivity index (χ3n) is 0.650. The molecule has 0 radical (unpaired) electrons. The highest BCUT2D eigenvalue weighted by atomic mass is 16.8. The van der Waals surface area contributed by atoms with Crippen LogP contribution in [0.3, 0.4) is 0 Å². The monoisotopic (exact) mass is 102 g/mol. The lowest BCUT2D eigenvalue weighted by Crippen LogP contribution is -1.85. The van der Waals surface area contributed by atoms with Crippen molar-refractivity contribution in [1.82, 2.24) is 0 Å². The zero-order valence-electron chi connectivity index (χ0n) is 4.01. The molecule has 40 valence electrons. The van der Waals surface area contributed by atoms with Crippen LogP contribution in [-0.2, 0) is 14.2 Å². The van der Waals surface area contributed by atoms with Gasteiger partial charge in [0.1, 0.15) is 0 Å². The van der Waals surface area contributed by atoms with Gasteiger partial charge in [0.05, 0.1) is 7.11 Å². The van der Waals surface area contributed by atoms with E-state index in [1.54, 1.807) is 0 Å². The Bertz CT molecular complexity index is 86.9. The summed E-state index contributed by atoms with van der Waals surface area (Å²) in [7, 11) is 1.53. The van der Waals surface area contributed by atoms with E-state index in [2.05, 4.69) is 9.47 Å². The molecule has 1 aliphatic heterocycles. The maximum absolute atomic E-state index is 4.72. The van der Waals surface area contributed by atoms with Crippen molar-refractivity contribution < 1.29 is 14.2 Å². The maximum Gasteiger partial charge on any atom is 0.318 e. The van der Waals surface area contributed by atoms with Crippen LogP contribution in [0.1, 0.15) is 0 Å². The fraction of sp³-hybridized carbons (Fsp3) is 0.500. The molecule has 0 bridgehead atoms. The standard InChI is InChI=1S/C4H6O3/c1-5-4-2-6-3-7-4/h2H,3H2,1H3. The molecule has 7 heavy (non-hydrogen) atoms. The second-order valence-corrected chi connectivity index (χ2v) is 1.07. The summed E-state index contributed by atoms with van der Waals surface area (Å²) in [5.74, 6) is 0.444. The minimum atomic E-state index is 0.281. The zero-order valence-corrected chi connectivity index (χ0v) is 4.01. The molecule has 0 saturated carbocycles. The minimum Gasteiger partial charge on any atom is -0.466 e. The van der Waals surface area contributed by atoms with Gasteiger partial charge in [-0.2, -0.15) is 0 Å². The van der Waals surface area contributed by atoms with Crippen molar-refractivity contribution in [1.29, 1.82) is 0 Å². The molecular formula is C4H6O3. The number of methoxy groups -OCH3 is 1. The van der Waals surface area contributed by atoms with Crippen molar-refractivity contribution in [3.63, 3.8) is 0 Å². The molecule has 0 aromatic carbocycles. The van der Waals surface area contributed by atoms with Crippen molar-refractivity contribution in [3.05, 3.63) is 12.2 Å². The Morgan fingerprint density at radius 1 is 1.86 bits per heavy atom. The van der Waals surface area contributed by atoms with E-state index in [0.717, 1.165) is 0 Å². The molecule has 0 fully saturated rings. The largest absolute Gasteiger partial charge is 0.466 e. The van der Waals surface area contributed by atoms with Gasteiger partial charge in [-0.15, -0.1) is 0 Å². The summed E-state index contributed by atoms with van der Waals surface area (Å²) in [4.78, 5) is 0. The summed E-state index contributed by atoms with van der Waals surface area (Å²) in [6, 6.07) is 0. The predicted molar refractivity (Wildman–Crippen MR) is 22.1 cm³/mol. The van der Waals surface area contributed by atoms with Gasteiger partial charge in [-0.25, -0.2) is 0 Å². The van der Waals surface area contributed by atoms with Gasteiger partial charge in [0.2, 0.25) is 6.79 Å². The van der Waals surface area contributed by atoms with E-state index < -0.39 is 0 Å². The molecule has 0 spiro atoms. The molecular weight excluding hydrogens is 96.0 g/mol. The molecule has 0 saturated heterocycles. The predicted octanol–water partition coefficient (Wildman–Crippen LogP) is 0.436. The van der Waals surface area contributed by atoms with Crippen LogP contribution in [0.5, 0.6) is 0 Å². The second kappa shape index (κ2) is 1.73. The first-order chi connectivity index (χ1) is 3.43. The quantitative estimate of drug-likeness (QED) is 0.480. The molecule has 0 aromatic heterocycles. The third-order valence-corrected chi connectivity index (χ3v) is 0.650. The lowest BCUT2D eigenvalue weighted by Gasteiger charge is -1.93. The van der Waals surface area contributed by atoms with Gasteiger partial charge >= 0.3 is 5.95 Å². The normalized spacial score (nSPS) is 17.0. The maximum atomic E-state index is 4.72. The first-order valence-electron chi connectivity index (χ1n) is 1.92. The van der Waals surface area contributed by atoms with Crippen LogP contribution in [-0.4, -0.2) is 13.9 Å². The Hall–Kier alpha value is -0.860. The fourth-order valence-corrected chi connectivity index (χ4v) is 0.335. The van der Waals surface area contributed by atoms with Crippen LogP contribution >= 0.6 is 0 Å². The molecule has 0 atom stereocenters. The van der Waals surface area contributed by atoms with Gasteiger partial charge in [0, 0.05) is 0 Å². The van der Waals surface area contributed by atoms with Crippen molar-refractivity contribution in [3.8, 4) is 0 Å². The summed E-state index contributed by atoms with van der Waals surface area (Å²) in [6.07, 6.45) is 1.43. The molecule has 1 rings (SSSR count). The van der Waals surface area contributed by atoms with Crippen molar-refractivity contribution >= 4 is 0 Å². The van der Waals surface area contributed by atoms with Crippen LogP contribution in [0, 0.1) is 0 Å². The molecule has 0 N–H and O–H groups in total. The average molecular weight is 102 g/mol. The fourth-order valence-electron chi connectivity index (χ4n) is 0.335.